The number of anilines is 1. The van der Waals surface area contributed by atoms with Crippen molar-refractivity contribution in [1.82, 2.24) is 20.6 Å². The molecule has 1 aromatic heterocycles. The monoisotopic (exact) mass is 367 g/mol. The van der Waals surface area contributed by atoms with Gasteiger partial charge in [0.15, 0.2) is 16.6 Å². The van der Waals surface area contributed by atoms with Gasteiger partial charge < -0.3 is 10.4 Å². The van der Waals surface area contributed by atoms with Crippen molar-refractivity contribution >= 4 is 28.9 Å². The smallest absolute Gasteiger partial charge is 0.294 e. The third kappa shape index (κ3) is 4.17. The van der Waals surface area contributed by atoms with E-state index < -0.39 is 5.91 Å². The van der Waals surface area contributed by atoms with E-state index in [1.165, 1.54) is 10.9 Å². The van der Waals surface area contributed by atoms with Crippen LogP contribution in [0, 0.1) is 6.92 Å². The maximum Gasteiger partial charge on any atom is 0.294 e. The lowest BCUT2D eigenvalue weighted by Crippen LogP contribution is -2.44. The van der Waals surface area contributed by atoms with Crippen molar-refractivity contribution in [3.05, 3.63) is 72.1 Å². The van der Waals surface area contributed by atoms with Crippen LogP contribution in [-0.2, 0) is 0 Å². The summed E-state index contributed by atoms with van der Waals surface area (Å²) in [5.41, 5.74) is 7.49. The molecular weight excluding hydrogens is 350 g/mol. The lowest BCUT2D eigenvalue weighted by molar-refractivity contribution is 0.0936. The van der Waals surface area contributed by atoms with E-state index in [4.69, 9.17) is 12.2 Å². The number of hydrogen-bond acceptors (Lipinski definition) is 4. The fraction of sp³-hybridized carbons (Fsp3) is 0.0556. The van der Waals surface area contributed by atoms with Crippen LogP contribution in [0.4, 0.5) is 5.69 Å². The summed E-state index contributed by atoms with van der Waals surface area (Å²) < 4.78 is 1.42. The first-order chi connectivity index (χ1) is 12.5. The molecule has 0 unspecified atom stereocenters. The van der Waals surface area contributed by atoms with E-state index in [0.717, 1.165) is 16.9 Å². The minimum absolute atomic E-state index is 0.111. The van der Waals surface area contributed by atoms with Crippen LogP contribution in [0.3, 0.4) is 0 Å². The lowest BCUT2D eigenvalue weighted by Gasteiger charge is -2.11. The summed E-state index contributed by atoms with van der Waals surface area (Å²) in [6.07, 6.45) is 1.37. The average molecular weight is 367 g/mol. The first-order valence-electron chi connectivity index (χ1n) is 7.81. The zero-order chi connectivity index (χ0) is 18.5. The van der Waals surface area contributed by atoms with Crippen LogP contribution in [0.25, 0.3) is 5.69 Å². The molecule has 0 atom stereocenters. The Hall–Kier alpha value is -3.39. The quantitative estimate of drug-likeness (QED) is 0.420. The van der Waals surface area contributed by atoms with Crippen molar-refractivity contribution in [3.63, 3.8) is 0 Å². The molecule has 4 N–H and O–H groups in total. The van der Waals surface area contributed by atoms with Crippen molar-refractivity contribution in [2.24, 2.45) is 0 Å². The first-order valence-corrected chi connectivity index (χ1v) is 8.22. The number of thiocarbonyl (C=S) groups is 1. The third-order valence-corrected chi connectivity index (χ3v) is 3.70. The molecule has 0 saturated carbocycles. The highest BCUT2D eigenvalue weighted by Gasteiger charge is 2.17. The van der Waals surface area contributed by atoms with Gasteiger partial charge in [-0.1, -0.05) is 30.3 Å². The molecule has 1 heterocycles. The number of para-hydroxylation sites is 1. The van der Waals surface area contributed by atoms with Gasteiger partial charge in [0.2, 0.25) is 0 Å². The Morgan fingerprint density at radius 3 is 2.62 bits per heavy atom. The van der Waals surface area contributed by atoms with Crippen molar-refractivity contribution in [1.29, 1.82) is 0 Å². The fourth-order valence-electron chi connectivity index (χ4n) is 2.30. The van der Waals surface area contributed by atoms with E-state index in [9.17, 15) is 9.90 Å². The standard InChI is InChI=1S/C18H17N5O2S/c1-12-6-5-7-13(10-12)19-18(26)21-20-17(25)16-15(24)11-23(22-16)14-8-3-2-4-9-14/h2-11,24H,1H3,(H,20,25)(H2,19,21,26). The van der Waals surface area contributed by atoms with Crippen molar-refractivity contribution in [2.75, 3.05) is 5.32 Å². The zero-order valence-electron chi connectivity index (χ0n) is 13.9. The highest BCUT2D eigenvalue weighted by molar-refractivity contribution is 7.80. The highest BCUT2D eigenvalue weighted by atomic mass is 32.1. The third-order valence-electron chi connectivity index (χ3n) is 3.50. The van der Waals surface area contributed by atoms with E-state index in [2.05, 4.69) is 21.3 Å². The van der Waals surface area contributed by atoms with Gasteiger partial charge in [0.25, 0.3) is 5.91 Å². The van der Waals surface area contributed by atoms with Gasteiger partial charge >= 0.3 is 0 Å². The zero-order valence-corrected chi connectivity index (χ0v) is 14.7. The Kier molecular flexibility index (Phi) is 5.14. The summed E-state index contributed by atoms with van der Waals surface area (Å²) in [6, 6.07) is 16.8. The number of amides is 1. The topological polar surface area (TPSA) is 91.2 Å². The SMILES string of the molecule is Cc1cccc(NC(=S)NNC(=O)c2nn(-c3ccccc3)cc2O)c1. The number of aryl methyl sites for hydroxylation is 1. The van der Waals surface area contributed by atoms with Gasteiger partial charge in [-0.3, -0.25) is 15.6 Å². The minimum atomic E-state index is -0.606. The predicted molar refractivity (Wildman–Crippen MR) is 103 cm³/mol. The molecule has 0 spiro atoms. The number of hydrazine groups is 1. The predicted octanol–water partition coefficient (Wildman–Crippen LogP) is 2.52. The van der Waals surface area contributed by atoms with Crippen LogP contribution < -0.4 is 16.2 Å². The van der Waals surface area contributed by atoms with Gasteiger partial charge in [-0.2, -0.15) is 5.10 Å². The maximum atomic E-state index is 12.2. The Labute approximate surface area is 155 Å². The van der Waals surface area contributed by atoms with Gasteiger partial charge in [-0.25, -0.2) is 4.68 Å². The number of nitrogens with one attached hydrogen (secondary N) is 3. The van der Waals surface area contributed by atoms with E-state index in [-0.39, 0.29) is 16.6 Å². The number of carbonyl (C=O) groups excluding carboxylic acids is 1. The van der Waals surface area contributed by atoms with Crippen LogP contribution in [0.5, 0.6) is 5.75 Å². The molecule has 0 saturated heterocycles. The molecule has 7 nitrogen and oxygen atoms in total. The van der Waals surface area contributed by atoms with Gasteiger partial charge in [0.1, 0.15) is 0 Å². The van der Waals surface area contributed by atoms with E-state index >= 15 is 0 Å². The maximum absolute atomic E-state index is 12.2. The molecule has 0 aliphatic rings. The molecule has 3 rings (SSSR count). The van der Waals surface area contributed by atoms with Crippen molar-refractivity contribution < 1.29 is 9.90 Å². The summed E-state index contributed by atoms with van der Waals surface area (Å²) in [5, 5.41) is 17.2. The first kappa shape index (κ1) is 17.4. The van der Waals surface area contributed by atoms with Gasteiger partial charge in [0.05, 0.1) is 11.9 Å². The molecule has 26 heavy (non-hydrogen) atoms. The molecule has 132 valence electrons. The normalized spacial score (nSPS) is 10.2. The van der Waals surface area contributed by atoms with Crippen LogP contribution in [0.2, 0.25) is 0 Å². The van der Waals surface area contributed by atoms with Gasteiger partial charge in [-0.05, 0) is 49.0 Å². The Balaban J connectivity index is 1.61. The summed E-state index contributed by atoms with van der Waals surface area (Å²) in [4.78, 5) is 12.2. The number of carbonyl (C=O) groups is 1. The van der Waals surface area contributed by atoms with Crippen LogP contribution in [0.15, 0.2) is 60.8 Å². The molecule has 0 radical (unpaired) electrons. The molecule has 0 aliphatic carbocycles. The largest absolute Gasteiger partial charge is 0.504 e. The van der Waals surface area contributed by atoms with E-state index in [1.54, 1.807) is 0 Å². The molecule has 8 heteroatoms. The summed E-state index contributed by atoms with van der Waals surface area (Å²) in [7, 11) is 0. The highest BCUT2D eigenvalue weighted by Crippen LogP contribution is 2.17. The summed E-state index contributed by atoms with van der Waals surface area (Å²) in [5.74, 6) is -0.837. The summed E-state index contributed by atoms with van der Waals surface area (Å²) >= 11 is 5.14. The average Bonchev–Trinajstić information content (AvgIpc) is 3.02. The minimum Gasteiger partial charge on any atom is -0.504 e. The van der Waals surface area contributed by atoms with Gasteiger partial charge in [0, 0.05) is 5.69 Å². The Morgan fingerprint density at radius 1 is 1.12 bits per heavy atom. The van der Waals surface area contributed by atoms with Crippen LogP contribution in [-0.4, -0.2) is 25.9 Å². The summed E-state index contributed by atoms with van der Waals surface area (Å²) in [6.45, 7) is 1.97. The van der Waals surface area contributed by atoms with Gasteiger partial charge in [-0.15, -0.1) is 0 Å². The van der Waals surface area contributed by atoms with Crippen LogP contribution in [0.1, 0.15) is 16.1 Å². The van der Waals surface area contributed by atoms with E-state index in [0.29, 0.717) is 0 Å². The lowest BCUT2D eigenvalue weighted by atomic mass is 10.2. The van der Waals surface area contributed by atoms with E-state index in [1.807, 2.05) is 61.5 Å². The number of benzene rings is 2. The molecule has 1 amide bonds. The molecule has 0 aliphatic heterocycles. The molecule has 0 fully saturated rings. The van der Waals surface area contributed by atoms with Crippen molar-refractivity contribution in [2.45, 2.75) is 6.92 Å². The number of nitrogens with zero attached hydrogens (tertiary/aromatic N) is 2. The van der Waals surface area contributed by atoms with Crippen LogP contribution >= 0.6 is 12.2 Å². The second-order valence-electron chi connectivity index (χ2n) is 5.55. The fourth-order valence-corrected chi connectivity index (χ4v) is 2.47. The second kappa shape index (κ2) is 7.66. The molecule has 3 aromatic rings. The number of hydrogen-bond donors (Lipinski definition) is 4. The number of rotatable bonds is 3. The molecule has 2 aromatic carbocycles. The molecular formula is C18H17N5O2S. The Morgan fingerprint density at radius 2 is 1.88 bits per heavy atom. The number of aromatic nitrogens is 2. The second-order valence-corrected chi connectivity index (χ2v) is 5.95. The molecule has 0 bridgehead atoms. The van der Waals surface area contributed by atoms with Crippen molar-refractivity contribution in [3.8, 4) is 11.4 Å². The Bertz CT molecular complexity index is 940. The number of aromatic hydroxyl groups is 1.